The Morgan fingerprint density at radius 1 is 1.18 bits per heavy atom. The molecular weight excluding hydrogens is 561 g/mol. The van der Waals surface area contributed by atoms with E-state index in [1.807, 2.05) is 20.8 Å². The maximum absolute atomic E-state index is 15.5. The Balaban J connectivity index is 2.19. The van der Waals surface area contributed by atoms with E-state index in [1.165, 1.54) is 18.2 Å². The van der Waals surface area contributed by atoms with Gasteiger partial charge in [0.25, 0.3) is 0 Å². The lowest BCUT2D eigenvalue weighted by Gasteiger charge is -2.40. The van der Waals surface area contributed by atoms with Gasteiger partial charge in [0.05, 0.1) is 34.9 Å². The summed E-state index contributed by atoms with van der Waals surface area (Å²) in [6.45, 7) is 5.36. The minimum atomic E-state index is -4.70. The molecule has 0 aliphatic carbocycles. The summed E-state index contributed by atoms with van der Waals surface area (Å²) >= 11 is 12.1. The lowest BCUT2D eigenvalue weighted by molar-refractivity contribution is -0.137. The van der Waals surface area contributed by atoms with Crippen LogP contribution in [0.5, 0.6) is 0 Å². The fraction of sp³-hybridized carbons (Fsp3) is 0.519. The van der Waals surface area contributed by atoms with Gasteiger partial charge >= 0.3 is 6.18 Å². The standard InChI is InChI=1S/C27H33Cl2F4N3O3/c1-25(2,3)12-21-26(34,18-7-5-15(28)11-20(18)30)22(14-4-6-17(19(29)10-14)27(31,32)33)23(36-21)24(39)35-9-8-16(38)13-37/h4-7,10-11,16,21-23,36-38H,8-9,12-13,34H2,1-3H3,(H,35,39). The second-order valence-corrected chi connectivity index (χ2v) is 12.0. The Kier molecular flexibility index (Phi) is 9.62. The second-order valence-electron chi connectivity index (χ2n) is 11.1. The molecule has 6 N–H and O–H groups in total. The average Bonchev–Trinajstić information content (AvgIpc) is 3.09. The van der Waals surface area contributed by atoms with E-state index in [1.54, 1.807) is 0 Å². The molecule has 39 heavy (non-hydrogen) atoms. The van der Waals surface area contributed by atoms with Crippen molar-refractivity contribution in [2.45, 2.75) is 69.4 Å². The molecular formula is C27H33Cl2F4N3O3. The molecule has 5 unspecified atom stereocenters. The first-order valence-electron chi connectivity index (χ1n) is 12.4. The van der Waals surface area contributed by atoms with E-state index in [-0.39, 0.29) is 34.5 Å². The quantitative estimate of drug-likeness (QED) is 0.285. The monoisotopic (exact) mass is 593 g/mol. The molecule has 1 saturated heterocycles. The number of amides is 1. The van der Waals surface area contributed by atoms with Crippen molar-refractivity contribution in [2.24, 2.45) is 11.1 Å². The van der Waals surface area contributed by atoms with Gasteiger partial charge in [-0.1, -0.05) is 56.1 Å². The van der Waals surface area contributed by atoms with Crippen LogP contribution in [0.15, 0.2) is 36.4 Å². The van der Waals surface area contributed by atoms with Crippen molar-refractivity contribution in [3.05, 3.63) is 69.0 Å². The fourth-order valence-electron chi connectivity index (χ4n) is 5.19. The largest absolute Gasteiger partial charge is 0.417 e. The topological polar surface area (TPSA) is 108 Å². The van der Waals surface area contributed by atoms with Crippen molar-refractivity contribution >= 4 is 29.1 Å². The molecule has 0 radical (unpaired) electrons. The molecule has 1 fully saturated rings. The normalized spacial score (nSPS) is 24.6. The molecule has 0 spiro atoms. The highest BCUT2D eigenvalue weighted by molar-refractivity contribution is 6.31. The Morgan fingerprint density at radius 2 is 1.85 bits per heavy atom. The number of nitrogens with one attached hydrogen (secondary N) is 2. The van der Waals surface area contributed by atoms with E-state index < -0.39 is 64.7 Å². The maximum Gasteiger partial charge on any atom is 0.417 e. The van der Waals surface area contributed by atoms with Gasteiger partial charge in [-0.25, -0.2) is 4.39 Å². The molecule has 0 saturated carbocycles. The van der Waals surface area contributed by atoms with E-state index in [0.29, 0.717) is 6.42 Å². The molecule has 1 amide bonds. The number of carbonyl (C=O) groups is 1. The zero-order valence-corrected chi connectivity index (χ0v) is 23.3. The number of hydrogen-bond acceptors (Lipinski definition) is 5. The van der Waals surface area contributed by atoms with Crippen LogP contribution >= 0.6 is 23.2 Å². The lowest BCUT2D eigenvalue weighted by atomic mass is 9.68. The molecule has 2 aromatic rings. The number of hydrogen-bond donors (Lipinski definition) is 5. The van der Waals surface area contributed by atoms with Gasteiger partial charge in [0.1, 0.15) is 5.82 Å². The van der Waals surface area contributed by atoms with Crippen LogP contribution < -0.4 is 16.4 Å². The van der Waals surface area contributed by atoms with E-state index in [9.17, 15) is 23.1 Å². The maximum atomic E-state index is 15.5. The highest BCUT2D eigenvalue weighted by Crippen LogP contribution is 2.50. The second kappa shape index (κ2) is 11.9. The smallest absolute Gasteiger partial charge is 0.394 e. The molecule has 5 atom stereocenters. The van der Waals surface area contributed by atoms with Gasteiger partial charge in [-0.2, -0.15) is 13.2 Å². The first-order valence-corrected chi connectivity index (χ1v) is 13.2. The number of alkyl halides is 3. The van der Waals surface area contributed by atoms with E-state index in [2.05, 4.69) is 10.6 Å². The number of aliphatic hydroxyl groups is 2. The van der Waals surface area contributed by atoms with Gasteiger partial charge in [-0.05, 0) is 48.1 Å². The number of carbonyl (C=O) groups excluding carboxylic acids is 1. The Hall–Kier alpha value is -1.95. The SMILES string of the molecule is CC(C)(C)CC1NC(C(=O)NCCC(O)CO)C(c2ccc(C(F)(F)F)c(Cl)c2)C1(N)c1ccc(Cl)cc1F. The van der Waals surface area contributed by atoms with Crippen LogP contribution in [0.25, 0.3) is 0 Å². The predicted molar refractivity (Wildman–Crippen MR) is 142 cm³/mol. The predicted octanol–water partition coefficient (Wildman–Crippen LogP) is 4.73. The summed E-state index contributed by atoms with van der Waals surface area (Å²) in [4.78, 5) is 13.5. The number of rotatable bonds is 8. The first kappa shape index (κ1) is 31.6. The van der Waals surface area contributed by atoms with Crippen LogP contribution in [0.4, 0.5) is 17.6 Å². The van der Waals surface area contributed by atoms with Gasteiger partial charge in [-0.15, -0.1) is 0 Å². The number of aliphatic hydroxyl groups excluding tert-OH is 2. The first-order chi connectivity index (χ1) is 18.0. The molecule has 12 heteroatoms. The van der Waals surface area contributed by atoms with Crippen LogP contribution in [0.1, 0.15) is 56.2 Å². The van der Waals surface area contributed by atoms with Crippen molar-refractivity contribution in [3.8, 4) is 0 Å². The van der Waals surface area contributed by atoms with Crippen molar-refractivity contribution in [1.29, 1.82) is 0 Å². The number of nitrogens with two attached hydrogens (primary N) is 1. The van der Waals surface area contributed by atoms with Crippen molar-refractivity contribution in [2.75, 3.05) is 13.2 Å². The van der Waals surface area contributed by atoms with Gasteiger partial charge in [0.15, 0.2) is 0 Å². The van der Waals surface area contributed by atoms with Crippen LogP contribution in [0.3, 0.4) is 0 Å². The van der Waals surface area contributed by atoms with Crippen LogP contribution in [-0.2, 0) is 16.5 Å². The molecule has 0 bridgehead atoms. The summed E-state index contributed by atoms with van der Waals surface area (Å²) in [7, 11) is 0. The third-order valence-electron chi connectivity index (χ3n) is 6.95. The lowest BCUT2D eigenvalue weighted by Crippen LogP contribution is -2.52. The Bertz CT molecular complexity index is 1190. The third-order valence-corrected chi connectivity index (χ3v) is 7.49. The third kappa shape index (κ3) is 7.04. The van der Waals surface area contributed by atoms with E-state index in [4.69, 9.17) is 34.0 Å². The van der Waals surface area contributed by atoms with E-state index in [0.717, 1.165) is 18.2 Å². The molecule has 0 aromatic heterocycles. The van der Waals surface area contributed by atoms with Gasteiger partial charge < -0.3 is 26.6 Å². The molecule has 6 nitrogen and oxygen atoms in total. The summed E-state index contributed by atoms with van der Waals surface area (Å²) in [5.41, 5.74) is 4.34. The minimum absolute atomic E-state index is 0.00996. The summed E-state index contributed by atoms with van der Waals surface area (Å²) in [5, 5.41) is 24.2. The minimum Gasteiger partial charge on any atom is -0.394 e. The summed E-state index contributed by atoms with van der Waals surface area (Å²) in [6, 6.07) is 5.32. The van der Waals surface area contributed by atoms with Gasteiger partial charge in [0, 0.05) is 29.1 Å². The zero-order valence-electron chi connectivity index (χ0n) is 21.7. The summed E-state index contributed by atoms with van der Waals surface area (Å²) in [6.07, 6.45) is -5.30. The summed E-state index contributed by atoms with van der Waals surface area (Å²) < 4.78 is 55.9. The highest BCUT2D eigenvalue weighted by atomic mass is 35.5. The van der Waals surface area contributed by atoms with Crippen LogP contribution in [0.2, 0.25) is 10.0 Å². The van der Waals surface area contributed by atoms with Crippen LogP contribution in [-0.4, -0.2) is 47.5 Å². The highest BCUT2D eigenvalue weighted by Gasteiger charge is 2.57. The van der Waals surface area contributed by atoms with Gasteiger partial charge in [-0.3, -0.25) is 4.79 Å². The molecule has 2 aromatic carbocycles. The molecule has 1 heterocycles. The Labute approximate surface area is 234 Å². The van der Waals surface area contributed by atoms with Crippen molar-refractivity contribution < 1.29 is 32.6 Å². The molecule has 216 valence electrons. The zero-order chi connectivity index (χ0) is 29.3. The molecule has 1 aliphatic rings. The Morgan fingerprint density at radius 3 is 2.38 bits per heavy atom. The number of halogens is 6. The van der Waals surface area contributed by atoms with Crippen molar-refractivity contribution in [1.82, 2.24) is 10.6 Å². The molecule has 3 rings (SSSR count). The van der Waals surface area contributed by atoms with Crippen LogP contribution in [0, 0.1) is 11.2 Å². The fourth-order valence-corrected chi connectivity index (χ4v) is 5.65. The molecule has 1 aliphatic heterocycles. The number of benzene rings is 2. The van der Waals surface area contributed by atoms with Crippen molar-refractivity contribution in [3.63, 3.8) is 0 Å². The van der Waals surface area contributed by atoms with Gasteiger partial charge in [0.2, 0.25) is 5.91 Å². The average molecular weight is 594 g/mol. The van der Waals surface area contributed by atoms with E-state index >= 15 is 4.39 Å². The summed E-state index contributed by atoms with van der Waals surface area (Å²) in [5.74, 6) is -2.33.